The highest BCUT2D eigenvalue weighted by Crippen LogP contribution is 2.16. The Labute approximate surface area is 133 Å². The molecule has 0 amide bonds. The van der Waals surface area contributed by atoms with E-state index >= 15 is 0 Å². The van der Waals surface area contributed by atoms with Gasteiger partial charge in [-0.05, 0) is 55.0 Å². The fourth-order valence-electron chi connectivity index (χ4n) is 1.74. The zero-order chi connectivity index (χ0) is 16.2. The standard InChI is InChI=1S/C15H15ClFNO3S/c1-11-10-14(6-7-15(11)17)22(19,20)18-8-9-21-13-4-2-12(16)3-5-13/h2-7,10,18H,8-9H2,1H3. The Bertz CT molecular complexity index is 748. The Morgan fingerprint density at radius 2 is 1.86 bits per heavy atom. The molecule has 118 valence electrons. The molecule has 0 bridgehead atoms. The van der Waals surface area contributed by atoms with Gasteiger partial charge in [-0.2, -0.15) is 0 Å². The van der Waals surface area contributed by atoms with Crippen molar-refractivity contribution in [2.24, 2.45) is 0 Å². The molecule has 0 saturated heterocycles. The molecule has 0 atom stereocenters. The molecular formula is C15H15ClFNO3S. The second-order valence-electron chi connectivity index (χ2n) is 4.61. The highest BCUT2D eigenvalue weighted by molar-refractivity contribution is 7.89. The van der Waals surface area contributed by atoms with E-state index in [0.29, 0.717) is 10.8 Å². The van der Waals surface area contributed by atoms with Gasteiger partial charge in [0, 0.05) is 11.6 Å². The van der Waals surface area contributed by atoms with Gasteiger partial charge in [0.05, 0.1) is 4.90 Å². The third-order valence-electron chi connectivity index (χ3n) is 2.92. The lowest BCUT2D eigenvalue weighted by Gasteiger charge is -2.09. The predicted molar refractivity (Wildman–Crippen MR) is 83.3 cm³/mol. The first kappa shape index (κ1) is 16.7. The smallest absolute Gasteiger partial charge is 0.240 e. The van der Waals surface area contributed by atoms with E-state index in [-0.39, 0.29) is 23.6 Å². The molecule has 0 aliphatic carbocycles. The SMILES string of the molecule is Cc1cc(S(=O)(=O)NCCOc2ccc(Cl)cc2)ccc1F. The molecule has 2 aromatic rings. The largest absolute Gasteiger partial charge is 0.492 e. The lowest BCUT2D eigenvalue weighted by molar-refractivity contribution is 0.323. The highest BCUT2D eigenvalue weighted by atomic mass is 35.5. The summed E-state index contributed by atoms with van der Waals surface area (Å²) in [6.07, 6.45) is 0. The Hall–Kier alpha value is -1.63. The van der Waals surface area contributed by atoms with Crippen LogP contribution in [0.2, 0.25) is 5.02 Å². The summed E-state index contributed by atoms with van der Waals surface area (Å²) in [6, 6.07) is 10.4. The van der Waals surface area contributed by atoms with Crippen LogP contribution in [-0.4, -0.2) is 21.6 Å². The minimum atomic E-state index is -3.68. The molecule has 7 heteroatoms. The summed E-state index contributed by atoms with van der Waals surface area (Å²) >= 11 is 5.75. The van der Waals surface area contributed by atoms with Crippen molar-refractivity contribution in [2.45, 2.75) is 11.8 Å². The average molecular weight is 344 g/mol. The van der Waals surface area contributed by atoms with Crippen LogP contribution in [0.1, 0.15) is 5.56 Å². The Morgan fingerprint density at radius 3 is 2.50 bits per heavy atom. The van der Waals surface area contributed by atoms with Gasteiger partial charge in [0.25, 0.3) is 0 Å². The van der Waals surface area contributed by atoms with Crippen molar-refractivity contribution in [3.63, 3.8) is 0 Å². The summed E-state index contributed by atoms with van der Waals surface area (Å²) in [4.78, 5) is 0.0258. The summed E-state index contributed by atoms with van der Waals surface area (Å²) in [6.45, 7) is 1.78. The van der Waals surface area contributed by atoms with Crippen LogP contribution in [0.4, 0.5) is 4.39 Å². The first-order chi connectivity index (χ1) is 10.4. The van der Waals surface area contributed by atoms with Gasteiger partial charge in [-0.1, -0.05) is 11.6 Å². The van der Waals surface area contributed by atoms with Gasteiger partial charge in [0.1, 0.15) is 18.2 Å². The second kappa shape index (κ2) is 7.09. The van der Waals surface area contributed by atoms with Crippen molar-refractivity contribution in [1.29, 1.82) is 0 Å². The quantitative estimate of drug-likeness (QED) is 0.820. The zero-order valence-electron chi connectivity index (χ0n) is 11.8. The molecule has 0 aliphatic heterocycles. The minimum absolute atomic E-state index is 0.0258. The summed E-state index contributed by atoms with van der Waals surface area (Å²) < 4.78 is 45.0. The van der Waals surface area contributed by atoms with Crippen LogP contribution in [0, 0.1) is 12.7 Å². The number of benzene rings is 2. The van der Waals surface area contributed by atoms with Crippen molar-refractivity contribution in [1.82, 2.24) is 4.72 Å². The van der Waals surface area contributed by atoms with Crippen LogP contribution in [0.15, 0.2) is 47.4 Å². The fourth-order valence-corrected chi connectivity index (χ4v) is 2.97. The van der Waals surface area contributed by atoms with E-state index in [2.05, 4.69) is 4.72 Å². The summed E-state index contributed by atoms with van der Waals surface area (Å²) in [7, 11) is -3.68. The van der Waals surface area contributed by atoms with Crippen molar-refractivity contribution in [2.75, 3.05) is 13.2 Å². The zero-order valence-corrected chi connectivity index (χ0v) is 13.4. The van der Waals surface area contributed by atoms with Gasteiger partial charge in [-0.25, -0.2) is 17.5 Å². The van der Waals surface area contributed by atoms with E-state index in [1.165, 1.54) is 19.1 Å². The van der Waals surface area contributed by atoms with Crippen LogP contribution in [0.5, 0.6) is 5.75 Å². The number of nitrogens with one attached hydrogen (secondary N) is 1. The number of aryl methyl sites for hydroxylation is 1. The monoisotopic (exact) mass is 343 g/mol. The number of sulfonamides is 1. The van der Waals surface area contributed by atoms with Crippen LogP contribution >= 0.6 is 11.6 Å². The van der Waals surface area contributed by atoms with Crippen molar-refractivity contribution in [3.05, 3.63) is 58.9 Å². The van der Waals surface area contributed by atoms with Crippen molar-refractivity contribution < 1.29 is 17.5 Å². The molecule has 2 rings (SSSR count). The number of hydrogen-bond donors (Lipinski definition) is 1. The number of ether oxygens (including phenoxy) is 1. The molecule has 0 unspecified atom stereocenters. The molecule has 0 aliphatic rings. The molecule has 0 saturated carbocycles. The van der Waals surface area contributed by atoms with Crippen LogP contribution < -0.4 is 9.46 Å². The molecule has 0 fully saturated rings. The number of halogens is 2. The molecule has 0 heterocycles. The molecule has 1 N–H and O–H groups in total. The van der Waals surface area contributed by atoms with E-state index in [9.17, 15) is 12.8 Å². The maximum atomic E-state index is 13.2. The number of hydrogen-bond acceptors (Lipinski definition) is 3. The first-order valence-corrected chi connectivity index (χ1v) is 8.39. The Balaban J connectivity index is 1.89. The summed E-state index contributed by atoms with van der Waals surface area (Å²) in [5.74, 6) is 0.159. The van der Waals surface area contributed by atoms with E-state index in [1.807, 2.05) is 0 Å². The summed E-state index contributed by atoms with van der Waals surface area (Å²) in [5, 5.41) is 0.597. The van der Waals surface area contributed by atoms with Gasteiger partial charge in [0.2, 0.25) is 10.0 Å². The van der Waals surface area contributed by atoms with Gasteiger partial charge < -0.3 is 4.74 Å². The van der Waals surface area contributed by atoms with Crippen LogP contribution in [-0.2, 0) is 10.0 Å². The molecular weight excluding hydrogens is 329 g/mol. The Kier molecular flexibility index (Phi) is 5.39. The van der Waals surface area contributed by atoms with Gasteiger partial charge in [-0.15, -0.1) is 0 Å². The Morgan fingerprint density at radius 1 is 1.18 bits per heavy atom. The maximum Gasteiger partial charge on any atom is 0.240 e. The predicted octanol–water partition coefficient (Wildman–Crippen LogP) is 3.14. The normalized spacial score (nSPS) is 11.4. The van der Waals surface area contributed by atoms with E-state index < -0.39 is 15.8 Å². The maximum absolute atomic E-state index is 13.2. The lowest BCUT2D eigenvalue weighted by Crippen LogP contribution is -2.28. The molecule has 4 nitrogen and oxygen atoms in total. The average Bonchev–Trinajstić information content (AvgIpc) is 2.48. The van der Waals surface area contributed by atoms with Crippen LogP contribution in [0.3, 0.4) is 0 Å². The summed E-state index contributed by atoms with van der Waals surface area (Å²) in [5.41, 5.74) is 0.278. The number of rotatable bonds is 6. The van der Waals surface area contributed by atoms with E-state index in [4.69, 9.17) is 16.3 Å². The van der Waals surface area contributed by atoms with E-state index in [0.717, 1.165) is 6.07 Å². The highest BCUT2D eigenvalue weighted by Gasteiger charge is 2.14. The lowest BCUT2D eigenvalue weighted by atomic mass is 10.2. The topological polar surface area (TPSA) is 55.4 Å². The third kappa shape index (κ3) is 4.43. The van der Waals surface area contributed by atoms with Crippen molar-refractivity contribution in [3.8, 4) is 5.75 Å². The second-order valence-corrected chi connectivity index (χ2v) is 6.81. The van der Waals surface area contributed by atoms with E-state index in [1.54, 1.807) is 24.3 Å². The molecule has 0 spiro atoms. The minimum Gasteiger partial charge on any atom is -0.492 e. The van der Waals surface area contributed by atoms with Gasteiger partial charge in [0.15, 0.2) is 0 Å². The van der Waals surface area contributed by atoms with Crippen molar-refractivity contribution >= 4 is 21.6 Å². The third-order valence-corrected chi connectivity index (χ3v) is 4.63. The van der Waals surface area contributed by atoms with Crippen LogP contribution in [0.25, 0.3) is 0 Å². The molecule has 0 radical (unpaired) electrons. The van der Waals surface area contributed by atoms with Gasteiger partial charge in [-0.3, -0.25) is 0 Å². The molecule has 22 heavy (non-hydrogen) atoms. The molecule has 2 aromatic carbocycles. The molecule has 0 aromatic heterocycles. The van der Waals surface area contributed by atoms with Gasteiger partial charge >= 0.3 is 0 Å². The first-order valence-electron chi connectivity index (χ1n) is 6.53. The fraction of sp³-hybridized carbons (Fsp3) is 0.200.